The van der Waals surface area contributed by atoms with Gasteiger partial charge in [0.1, 0.15) is 5.54 Å². The summed E-state index contributed by atoms with van der Waals surface area (Å²) in [5.74, 6) is -0.336. The number of carbonyl (C=O) groups is 1. The molecule has 1 saturated heterocycles. The summed E-state index contributed by atoms with van der Waals surface area (Å²) in [6, 6.07) is 15.0. The van der Waals surface area contributed by atoms with Crippen LogP contribution in [0.1, 0.15) is 12.8 Å². The van der Waals surface area contributed by atoms with Crippen molar-refractivity contribution < 1.29 is 17.9 Å². The van der Waals surface area contributed by atoms with Gasteiger partial charge in [-0.2, -0.15) is 0 Å². The molecule has 3 rings (SSSR count). The third-order valence-electron chi connectivity index (χ3n) is 4.71. The maximum atomic E-state index is 12.9. The van der Waals surface area contributed by atoms with E-state index in [4.69, 9.17) is 10.5 Å². The van der Waals surface area contributed by atoms with E-state index in [9.17, 15) is 13.2 Å². The molecule has 144 valence electrons. The van der Waals surface area contributed by atoms with E-state index in [0.717, 1.165) is 0 Å². The molecular formula is C19H23N3O4S. The highest BCUT2D eigenvalue weighted by atomic mass is 32.2. The van der Waals surface area contributed by atoms with Crippen LogP contribution in [0.3, 0.4) is 0 Å². The van der Waals surface area contributed by atoms with Gasteiger partial charge >= 0.3 is 0 Å². The lowest BCUT2D eigenvalue weighted by Crippen LogP contribution is -2.54. The molecule has 0 bridgehead atoms. The number of amides is 1. The van der Waals surface area contributed by atoms with E-state index in [2.05, 4.69) is 5.32 Å². The van der Waals surface area contributed by atoms with Crippen LogP contribution in [0.5, 0.6) is 0 Å². The molecule has 0 unspecified atom stereocenters. The van der Waals surface area contributed by atoms with Crippen LogP contribution >= 0.6 is 0 Å². The SMILES string of the molecule is CN(c1ccccc1)S(=O)(=O)c1cccc(NC(=O)C2(N)CCOCC2)c1. The van der Waals surface area contributed by atoms with Crippen LogP contribution in [-0.4, -0.2) is 40.1 Å². The Kier molecular flexibility index (Phi) is 5.50. The fourth-order valence-corrected chi connectivity index (χ4v) is 4.13. The molecule has 0 saturated carbocycles. The van der Waals surface area contributed by atoms with Crippen molar-refractivity contribution in [1.82, 2.24) is 0 Å². The van der Waals surface area contributed by atoms with E-state index in [1.807, 2.05) is 6.07 Å². The second kappa shape index (κ2) is 7.67. The second-order valence-electron chi connectivity index (χ2n) is 6.56. The number of hydrogen-bond acceptors (Lipinski definition) is 5. The predicted molar refractivity (Wildman–Crippen MR) is 104 cm³/mol. The summed E-state index contributed by atoms with van der Waals surface area (Å²) in [6.07, 6.45) is 0.848. The fourth-order valence-electron chi connectivity index (χ4n) is 2.89. The van der Waals surface area contributed by atoms with E-state index in [1.165, 1.54) is 23.5 Å². The van der Waals surface area contributed by atoms with E-state index in [0.29, 0.717) is 37.4 Å². The molecule has 27 heavy (non-hydrogen) atoms. The van der Waals surface area contributed by atoms with E-state index < -0.39 is 15.6 Å². The van der Waals surface area contributed by atoms with E-state index >= 15 is 0 Å². The Hall–Kier alpha value is -2.42. The molecule has 1 aliphatic heterocycles. The summed E-state index contributed by atoms with van der Waals surface area (Å²) >= 11 is 0. The largest absolute Gasteiger partial charge is 0.381 e. The highest BCUT2D eigenvalue weighted by molar-refractivity contribution is 7.92. The summed E-state index contributed by atoms with van der Waals surface area (Å²) in [4.78, 5) is 12.6. The monoisotopic (exact) mass is 389 g/mol. The zero-order chi connectivity index (χ0) is 19.5. The number of nitrogens with one attached hydrogen (secondary N) is 1. The molecule has 7 nitrogen and oxygen atoms in total. The van der Waals surface area contributed by atoms with Crippen LogP contribution in [0.15, 0.2) is 59.5 Å². The zero-order valence-corrected chi connectivity index (χ0v) is 15.9. The lowest BCUT2D eigenvalue weighted by molar-refractivity contribution is -0.124. The number of nitrogens with zero attached hydrogens (tertiary/aromatic N) is 1. The van der Waals surface area contributed by atoms with Crippen LogP contribution in [0.4, 0.5) is 11.4 Å². The normalized spacial score (nSPS) is 16.5. The van der Waals surface area contributed by atoms with Crippen LogP contribution < -0.4 is 15.4 Å². The Balaban J connectivity index is 1.82. The van der Waals surface area contributed by atoms with Gasteiger partial charge in [-0.05, 0) is 43.2 Å². The van der Waals surface area contributed by atoms with Gasteiger partial charge in [0.2, 0.25) is 5.91 Å². The van der Waals surface area contributed by atoms with Gasteiger partial charge in [0.15, 0.2) is 0 Å². The molecule has 3 N–H and O–H groups in total. The molecule has 0 aliphatic carbocycles. The maximum Gasteiger partial charge on any atom is 0.264 e. The predicted octanol–water partition coefficient (Wildman–Crippen LogP) is 1.96. The van der Waals surface area contributed by atoms with Crippen LogP contribution in [0.25, 0.3) is 0 Å². The van der Waals surface area contributed by atoms with Crippen LogP contribution in [0, 0.1) is 0 Å². The van der Waals surface area contributed by atoms with Crippen LogP contribution in [-0.2, 0) is 19.6 Å². The Bertz CT molecular complexity index is 910. The van der Waals surface area contributed by atoms with Gasteiger partial charge in [0.25, 0.3) is 10.0 Å². The van der Waals surface area contributed by atoms with Gasteiger partial charge in [-0.15, -0.1) is 0 Å². The van der Waals surface area contributed by atoms with Gasteiger partial charge in [-0.3, -0.25) is 9.10 Å². The van der Waals surface area contributed by atoms with Crippen molar-refractivity contribution in [3.8, 4) is 0 Å². The topological polar surface area (TPSA) is 102 Å². The summed E-state index contributed by atoms with van der Waals surface area (Å²) in [5.41, 5.74) is 6.11. The Morgan fingerprint density at radius 3 is 2.44 bits per heavy atom. The number of anilines is 2. The fraction of sp³-hybridized carbons (Fsp3) is 0.316. The Morgan fingerprint density at radius 2 is 1.78 bits per heavy atom. The Morgan fingerprint density at radius 1 is 1.11 bits per heavy atom. The number of benzene rings is 2. The quantitative estimate of drug-likeness (QED) is 0.814. The van der Waals surface area contributed by atoms with Crippen LogP contribution in [0.2, 0.25) is 0 Å². The number of hydrogen-bond donors (Lipinski definition) is 2. The molecular weight excluding hydrogens is 366 g/mol. The average molecular weight is 389 g/mol. The van der Waals surface area contributed by atoms with Gasteiger partial charge in [0.05, 0.1) is 10.6 Å². The molecule has 1 aliphatic rings. The highest BCUT2D eigenvalue weighted by Gasteiger charge is 2.36. The van der Waals surface area contributed by atoms with Gasteiger partial charge in [-0.1, -0.05) is 24.3 Å². The first-order chi connectivity index (χ1) is 12.8. The Labute approximate surface area is 159 Å². The first-order valence-corrected chi connectivity index (χ1v) is 10.1. The molecule has 8 heteroatoms. The van der Waals surface area contributed by atoms with E-state index in [1.54, 1.807) is 36.4 Å². The highest BCUT2D eigenvalue weighted by Crippen LogP contribution is 2.25. The number of ether oxygens (including phenoxy) is 1. The van der Waals surface area contributed by atoms with Crippen molar-refractivity contribution in [3.05, 3.63) is 54.6 Å². The van der Waals surface area contributed by atoms with Gasteiger partial charge in [0, 0.05) is 25.9 Å². The minimum atomic E-state index is -3.76. The molecule has 1 amide bonds. The molecule has 0 atom stereocenters. The molecule has 0 spiro atoms. The number of rotatable bonds is 5. The molecule has 0 aromatic heterocycles. The minimum absolute atomic E-state index is 0.0877. The minimum Gasteiger partial charge on any atom is -0.381 e. The maximum absolute atomic E-state index is 12.9. The lowest BCUT2D eigenvalue weighted by atomic mass is 9.90. The molecule has 1 fully saturated rings. The summed E-state index contributed by atoms with van der Waals surface area (Å²) in [7, 11) is -2.27. The summed E-state index contributed by atoms with van der Waals surface area (Å²) < 4.78 is 32.3. The summed E-state index contributed by atoms with van der Waals surface area (Å²) in [6.45, 7) is 0.862. The van der Waals surface area contributed by atoms with E-state index in [-0.39, 0.29) is 10.8 Å². The van der Waals surface area contributed by atoms with Crippen molar-refractivity contribution in [2.75, 3.05) is 29.9 Å². The third kappa shape index (κ3) is 4.13. The standard InChI is InChI=1S/C19H23N3O4S/c1-22(16-7-3-2-4-8-16)27(24,25)17-9-5-6-15(14-17)21-18(23)19(20)10-12-26-13-11-19/h2-9,14H,10-13,20H2,1H3,(H,21,23). The second-order valence-corrected chi connectivity index (χ2v) is 8.53. The number of sulfonamides is 1. The van der Waals surface area contributed by atoms with Crippen molar-refractivity contribution in [2.45, 2.75) is 23.3 Å². The summed E-state index contributed by atoms with van der Waals surface area (Å²) in [5, 5.41) is 2.74. The first-order valence-electron chi connectivity index (χ1n) is 8.65. The lowest BCUT2D eigenvalue weighted by Gasteiger charge is -2.31. The third-order valence-corrected chi connectivity index (χ3v) is 6.49. The number of para-hydroxylation sites is 1. The first kappa shape index (κ1) is 19.3. The van der Waals surface area contributed by atoms with Crippen molar-refractivity contribution >= 4 is 27.3 Å². The molecule has 2 aromatic rings. The average Bonchev–Trinajstić information content (AvgIpc) is 2.69. The molecule has 1 heterocycles. The molecule has 2 aromatic carbocycles. The zero-order valence-electron chi connectivity index (χ0n) is 15.1. The van der Waals surface area contributed by atoms with Crippen molar-refractivity contribution in [2.24, 2.45) is 5.73 Å². The van der Waals surface area contributed by atoms with Gasteiger partial charge < -0.3 is 15.8 Å². The van der Waals surface area contributed by atoms with Crippen molar-refractivity contribution in [3.63, 3.8) is 0 Å². The number of carbonyl (C=O) groups excluding carboxylic acids is 1. The molecule has 0 radical (unpaired) electrons. The smallest absolute Gasteiger partial charge is 0.264 e. The van der Waals surface area contributed by atoms with Crippen molar-refractivity contribution in [1.29, 1.82) is 0 Å². The van der Waals surface area contributed by atoms with Gasteiger partial charge in [-0.25, -0.2) is 8.42 Å². The number of nitrogens with two attached hydrogens (primary N) is 1.